The third kappa shape index (κ3) is 6.08. The highest BCUT2D eigenvalue weighted by atomic mass is 127. The van der Waals surface area contributed by atoms with Gasteiger partial charge in [-0.2, -0.15) is 0 Å². The standard InChI is InChI=1S/C16H27N5.HI/c1-3-21-10-4-5-15(21)12-20-16(17)18-9-8-14-7-6-13(2)19-11-14;/h6-7,11,15H,3-5,8-10,12H2,1-2H3,(H3,17,18,20);1H. The van der Waals surface area contributed by atoms with Gasteiger partial charge in [0.2, 0.25) is 0 Å². The molecule has 124 valence electrons. The van der Waals surface area contributed by atoms with Crippen LogP contribution in [-0.2, 0) is 6.42 Å². The van der Waals surface area contributed by atoms with Crippen LogP contribution in [0.4, 0.5) is 0 Å². The van der Waals surface area contributed by atoms with Crippen LogP contribution in [0, 0.1) is 6.92 Å². The van der Waals surface area contributed by atoms with E-state index >= 15 is 0 Å². The van der Waals surface area contributed by atoms with Crippen LogP contribution >= 0.6 is 24.0 Å². The Morgan fingerprint density at radius 2 is 2.32 bits per heavy atom. The molecule has 1 atom stereocenters. The highest BCUT2D eigenvalue weighted by molar-refractivity contribution is 14.0. The van der Waals surface area contributed by atoms with E-state index < -0.39 is 0 Å². The van der Waals surface area contributed by atoms with Gasteiger partial charge in [-0.3, -0.25) is 14.9 Å². The predicted molar refractivity (Wildman–Crippen MR) is 103 cm³/mol. The largest absolute Gasteiger partial charge is 0.370 e. The second kappa shape index (κ2) is 9.99. The first-order valence-electron chi connectivity index (χ1n) is 7.88. The second-order valence-corrected chi connectivity index (χ2v) is 5.64. The molecular weight excluding hydrogens is 389 g/mol. The number of aliphatic imine (C=N–C) groups is 1. The number of hydrogen-bond acceptors (Lipinski definition) is 3. The molecule has 0 amide bonds. The number of aryl methyl sites for hydroxylation is 1. The number of nitrogens with one attached hydrogen (secondary N) is 1. The number of likely N-dealkylation sites (tertiary alicyclic amines) is 1. The molecule has 2 heterocycles. The van der Waals surface area contributed by atoms with Gasteiger partial charge in [-0.1, -0.05) is 13.0 Å². The molecule has 22 heavy (non-hydrogen) atoms. The minimum atomic E-state index is 0. The van der Waals surface area contributed by atoms with Crippen molar-refractivity contribution in [3.05, 3.63) is 29.6 Å². The molecule has 1 aromatic rings. The molecule has 0 bridgehead atoms. The molecule has 1 aliphatic heterocycles. The highest BCUT2D eigenvalue weighted by Crippen LogP contribution is 2.16. The Bertz CT molecular complexity index is 460. The maximum atomic E-state index is 5.93. The second-order valence-electron chi connectivity index (χ2n) is 5.64. The molecule has 0 aromatic carbocycles. The molecule has 1 unspecified atom stereocenters. The summed E-state index contributed by atoms with van der Waals surface area (Å²) in [5, 5.41) is 3.18. The van der Waals surface area contributed by atoms with Gasteiger partial charge in [-0.05, 0) is 50.9 Å². The number of aromatic nitrogens is 1. The van der Waals surface area contributed by atoms with Gasteiger partial charge < -0.3 is 11.1 Å². The van der Waals surface area contributed by atoms with E-state index in [1.165, 1.54) is 24.9 Å². The van der Waals surface area contributed by atoms with Gasteiger partial charge in [0.25, 0.3) is 0 Å². The van der Waals surface area contributed by atoms with Gasteiger partial charge in [0.1, 0.15) is 0 Å². The molecule has 0 saturated carbocycles. The van der Waals surface area contributed by atoms with Crippen LogP contribution < -0.4 is 11.1 Å². The fraction of sp³-hybridized carbons (Fsp3) is 0.625. The first-order chi connectivity index (χ1) is 10.2. The van der Waals surface area contributed by atoms with E-state index in [-0.39, 0.29) is 24.0 Å². The lowest BCUT2D eigenvalue weighted by atomic mass is 10.2. The molecule has 0 spiro atoms. The van der Waals surface area contributed by atoms with Gasteiger partial charge in [-0.25, -0.2) is 0 Å². The lowest BCUT2D eigenvalue weighted by Crippen LogP contribution is -2.36. The molecule has 2 rings (SSSR count). The van der Waals surface area contributed by atoms with E-state index in [0.29, 0.717) is 12.0 Å². The van der Waals surface area contributed by atoms with E-state index in [2.05, 4.69) is 33.2 Å². The van der Waals surface area contributed by atoms with E-state index in [1.54, 1.807) is 0 Å². The number of nitrogens with zero attached hydrogens (tertiary/aromatic N) is 3. The molecule has 5 nitrogen and oxygen atoms in total. The number of rotatable bonds is 6. The van der Waals surface area contributed by atoms with Crippen LogP contribution in [0.3, 0.4) is 0 Å². The van der Waals surface area contributed by atoms with E-state index in [0.717, 1.165) is 31.7 Å². The summed E-state index contributed by atoms with van der Waals surface area (Å²) in [7, 11) is 0. The van der Waals surface area contributed by atoms with Crippen LogP contribution in [-0.4, -0.2) is 48.1 Å². The van der Waals surface area contributed by atoms with Crippen molar-refractivity contribution in [1.29, 1.82) is 0 Å². The Kier molecular flexibility index (Phi) is 8.70. The predicted octanol–water partition coefficient (Wildman–Crippen LogP) is 1.94. The Morgan fingerprint density at radius 1 is 1.50 bits per heavy atom. The van der Waals surface area contributed by atoms with Gasteiger partial charge in [0.05, 0.1) is 6.54 Å². The summed E-state index contributed by atoms with van der Waals surface area (Å²) in [6.45, 7) is 8.11. The normalized spacial score (nSPS) is 19.0. The van der Waals surface area contributed by atoms with E-state index in [4.69, 9.17) is 5.73 Å². The summed E-state index contributed by atoms with van der Waals surface area (Å²) in [5.74, 6) is 0.554. The topological polar surface area (TPSA) is 66.5 Å². The average molecular weight is 417 g/mol. The number of hydrogen-bond donors (Lipinski definition) is 2. The van der Waals surface area contributed by atoms with Crippen LogP contribution in [0.15, 0.2) is 23.3 Å². The third-order valence-corrected chi connectivity index (χ3v) is 4.07. The lowest BCUT2D eigenvalue weighted by Gasteiger charge is -2.20. The Hall–Kier alpha value is -0.890. The van der Waals surface area contributed by atoms with Crippen molar-refractivity contribution in [3.63, 3.8) is 0 Å². The van der Waals surface area contributed by atoms with Crippen molar-refractivity contribution in [3.8, 4) is 0 Å². The minimum absolute atomic E-state index is 0. The van der Waals surface area contributed by atoms with Gasteiger partial charge in [-0.15, -0.1) is 24.0 Å². The van der Waals surface area contributed by atoms with Crippen LogP contribution in [0.1, 0.15) is 31.0 Å². The maximum Gasteiger partial charge on any atom is 0.188 e. The Morgan fingerprint density at radius 3 is 3.00 bits per heavy atom. The summed E-state index contributed by atoms with van der Waals surface area (Å²) >= 11 is 0. The molecule has 0 radical (unpaired) electrons. The highest BCUT2D eigenvalue weighted by Gasteiger charge is 2.22. The van der Waals surface area contributed by atoms with Crippen LogP contribution in [0.25, 0.3) is 0 Å². The summed E-state index contributed by atoms with van der Waals surface area (Å²) in [6, 6.07) is 4.71. The molecule has 1 fully saturated rings. The van der Waals surface area contributed by atoms with Crippen molar-refractivity contribution >= 4 is 29.9 Å². The van der Waals surface area contributed by atoms with Crippen LogP contribution in [0.2, 0.25) is 0 Å². The molecule has 6 heteroatoms. The molecule has 0 aliphatic carbocycles. The van der Waals surface area contributed by atoms with Gasteiger partial charge >= 0.3 is 0 Å². The average Bonchev–Trinajstić information content (AvgIpc) is 2.95. The number of guanidine groups is 1. The first kappa shape index (κ1) is 19.2. The zero-order valence-corrected chi connectivity index (χ0v) is 15.9. The summed E-state index contributed by atoms with van der Waals surface area (Å²) in [5.41, 5.74) is 8.19. The van der Waals surface area contributed by atoms with Gasteiger partial charge in [0.15, 0.2) is 5.96 Å². The van der Waals surface area contributed by atoms with Crippen molar-refractivity contribution < 1.29 is 0 Å². The summed E-state index contributed by atoms with van der Waals surface area (Å²) in [4.78, 5) is 11.2. The third-order valence-electron chi connectivity index (χ3n) is 4.07. The lowest BCUT2D eigenvalue weighted by molar-refractivity contribution is 0.273. The zero-order chi connectivity index (χ0) is 15.1. The fourth-order valence-electron chi connectivity index (χ4n) is 2.76. The molecule has 1 aliphatic rings. The monoisotopic (exact) mass is 417 g/mol. The zero-order valence-electron chi connectivity index (χ0n) is 13.6. The van der Waals surface area contributed by atoms with Gasteiger partial charge in [0, 0.05) is 24.5 Å². The number of nitrogens with two attached hydrogens (primary N) is 1. The molecule has 1 aromatic heterocycles. The first-order valence-corrected chi connectivity index (χ1v) is 7.88. The number of likely N-dealkylation sites (N-methyl/N-ethyl adjacent to an activating group) is 1. The maximum absolute atomic E-state index is 5.93. The Balaban J connectivity index is 0.00000242. The number of halogens is 1. The fourth-order valence-corrected chi connectivity index (χ4v) is 2.76. The quantitative estimate of drug-likeness (QED) is 0.422. The molecular formula is C16H28IN5. The minimum Gasteiger partial charge on any atom is -0.370 e. The van der Waals surface area contributed by atoms with Crippen LogP contribution in [0.5, 0.6) is 0 Å². The number of pyridine rings is 1. The van der Waals surface area contributed by atoms with E-state index in [9.17, 15) is 0 Å². The Labute approximate surface area is 150 Å². The van der Waals surface area contributed by atoms with E-state index in [1.807, 2.05) is 19.2 Å². The summed E-state index contributed by atoms with van der Waals surface area (Å²) < 4.78 is 0. The SMILES string of the molecule is CCN1CCCC1CN=C(N)NCCc1ccc(C)nc1.I. The molecule has 1 saturated heterocycles. The summed E-state index contributed by atoms with van der Waals surface area (Å²) in [6.07, 6.45) is 5.34. The van der Waals surface area contributed by atoms with Crippen molar-refractivity contribution in [2.24, 2.45) is 10.7 Å². The molecule has 3 N–H and O–H groups in total. The van der Waals surface area contributed by atoms with Crippen molar-refractivity contribution in [2.75, 3.05) is 26.2 Å². The van der Waals surface area contributed by atoms with Crippen molar-refractivity contribution in [2.45, 2.75) is 39.2 Å². The smallest absolute Gasteiger partial charge is 0.188 e. The van der Waals surface area contributed by atoms with Crippen molar-refractivity contribution in [1.82, 2.24) is 15.2 Å².